The lowest BCUT2D eigenvalue weighted by Crippen LogP contribution is -2.09. The Hall–Kier alpha value is -0.840. The summed E-state index contributed by atoms with van der Waals surface area (Å²) in [6.45, 7) is 4.86. The van der Waals surface area contributed by atoms with Gasteiger partial charge in [0.15, 0.2) is 0 Å². The van der Waals surface area contributed by atoms with Crippen molar-refractivity contribution >= 4 is 22.9 Å². The predicted molar refractivity (Wildman–Crippen MR) is 70.6 cm³/mol. The second kappa shape index (κ2) is 5.21. The van der Waals surface area contributed by atoms with E-state index in [1.807, 2.05) is 19.1 Å². The van der Waals surface area contributed by atoms with Crippen LogP contribution in [0.5, 0.6) is 0 Å². The van der Waals surface area contributed by atoms with Gasteiger partial charge >= 0.3 is 0 Å². The summed E-state index contributed by atoms with van der Waals surface area (Å²) >= 11 is 7.67. The van der Waals surface area contributed by atoms with Crippen molar-refractivity contribution in [3.8, 4) is 0 Å². The SMILES string of the molecule is CCCn1ncc(Cl)c1C(O)c1ccc(C)s1. The van der Waals surface area contributed by atoms with E-state index in [4.69, 9.17) is 11.6 Å². The highest BCUT2D eigenvalue weighted by atomic mass is 35.5. The molecule has 0 aliphatic rings. The van der Waals surface area contributed by atoms with E-state index in [1.54, 1.807) is 22.2 Å². The Balaban J connectivity index is 2.35. The van der Waals surface area contributed by atoms with E-state index in [2.05, 4.69) is 12.0 Å². The Morgan fingerprint density at radius 2 is 2.29 bits per heavy atom. The van der Waals surface area contributed by atoms with Gasteiger partial charge in [-0.1, -0.05) is 18.5 Å². The van der Waals surface area contributed by atoms with Gasteiger partial charge in [-0.3, -0.25) is 4.68 Å². The number of aliphatic hydroxyl groups is 1. The van der Waals surface area contributed by atoms with Crippen molar-refractivity contribution in [3.05, 3.63) is 38.8 Å². The molecule has 0 saturated heterocycles. The number of rotatable bonds is 4. The van der Waals surface area contributed by atoms with E-state index in [-0.39, 0.29) is 0 Å². The third-order valence-corrected chi connectivity index (χ3v) is 3.90. The molecule has 3 nitrogen and oxygen atoms in total. The molecule has 0 bridgehead atoms. The van der Waals surface area contributed by atoms with E-state index >= 15 is 0 Å². The first-order valence-electron chi connectivity index (χ1n) is 5.59. The zero-order chi connectivity index (χ0) is 12.4. The second-order valence-corrected chi connectivity index (χ2v) is 5.68. The van der Waals surface area contributed by atoms with Gasteiger partial charge in [-0.25, -0.2) is 0 Å². The topological polar surface area (TPSA) is 38.0 Å². The Morgan fingerprint density at radius 1 is 1.53 bits per heavy atom. The highest BCUT2D eigenvalue weighted by molar-refractivity contribution is 7.12. The molecule has 5 heteroatoms. The molecule has 0 spiro atoms. The number of halogens is 1. The molecule has 0 aromatic carbocycles. The highest BCUT2D eigenvalue weighted by Crippen LogP contribution is 2.32. The number of thiophene rings is 1. The van der Waals surface area contributed by atoms with Crippen molar-refractivity contribution in [1.29, 1.82) is 0 Å². The van der Waals surface area contributed by atoms with Crippen molar-refractivity contribution in [1.82, 2.24) is 9.78 Å². The van der Waals surface area contributed by atoms with Crippen LogP contribution in [0.15, 0.2) is 18.3 Å². The van der Waals surface area contributed by atoms with Crippen molar-refractivity contribution < 1.29 is 5.11 Å². The van der Waals surface area contributed by atoms with Gasteiger partial charge in [0.1, 0.15) is 6.10 Å². The summed E-state index contributed by atoms with van der Waals surface area (Å²) in [6, 6.07) is 3.93. The molecule has 0 amide bonds. The van der Waals surface area contributed by atoms with Crippen molar-refractivity contribution in [3.63, 3.8) is 0 Å². The molecule has 0 saturated carbocycles. The fraction of sp³-hybridized carbons (Fsp3) is 0.417. The molecule has 2 aromatic rings. The van der Waals surface area contributed by atoms with Crippen LogP contribution in [0.25, 0.3) is 0 Å². The van der Waals surface area contributed by atoms with Gasteiger partial charge in [0.25, 0.3) is 0 Å². The number of hydrogen-bond acceptors (Lipinski definition) is 3. The molecule has 92 valence electrons. The zero-order valence-electron chi connectivity index (χ0n) is 9.85. The number of hydrogen-bond donors (Lipinski definition) is 1. The molecule has 0 fully saturated rings. The lowest BCUT2D eigenvalue weighted by atomic mass is 10.2. The summed E-state index contributed by atoms with van der Waals surface area (Å²) in [5, 5.41) is 15.1. The minimum absolute atomic E-state index is 0.525. The molecule has 1 N–H and O–H groups in total. The van der Waals surface area contributed by atoms with Crippen LogP contribution in [0.1, 0.15) is 34.9 Å². The van der Waals surface area contributed by atoms with E-state index < -0.39 is 6.10 Å². The Labute approximate surface area is 110 Å². The molecular formula is C12H15ClN2OS. The Kier molecular flexibility index (Phi) is 3.86. The molecule has 2 heterocycles. The van der Waals surface area contributed by atoms with E-state index in [9.17, 15) is 5.11 Å². The maximum Gasteiger partial charge on any atom is 0.131 e. The van der Waals surface area contributed by atoms with Crippen LogP contribution < -0.4 is 0 Å². The highest BCUT2D eigenvalue weighted by Gasteiger charge is 2.20. The first kappa shape index (κ1) is 12.6. The largest absolute Gasteiger partial charge is 0.381 e. The maximum absolute atomic E-state index is 10.3. The number of aryl methyl sites for hydroxylation is 2. The van der Waals surface area contributed by atoms with Crippen molar-refractivity contribution in [2.24, 2.45) is 0 Å². The molecule has 1 atom stereocenters. The molecule has 17 heavy (non-hydrogen) atoms. The molecule has 2 rings (SSSR count). The van der Waals surface area contributed by atoms with E-state index in [0.29, 0.717) is 10.7 Å². The lowest BCUT2D eigenvalue weighted by molar-refractivity contribution is 0.211. The van der Waals surface area contributed by atoms with Crippen LogP contribution in [-0.2, 0) is 6.54 Å². The van der Waals surface area contributed by atoms with Crippen LogP contribution in [0.4, 0.5) is 0 Å². The molecule has 1 unspecified atom stereocenters. The average Bonchev–Trinajstić information content (AvgIpc) is 2.86. The molecular weight excluding hydrogens is 256 g/mol. The summed E-state index contributed by atoms with van der Waals surface area (Å²) in [7, 11) is 0. The third kappa shape index (κ3) is 2.54. The van der Waals surface area contributed by atoms with Gasteiger partial charge in [-0.15, -0.1) is 11.3 Å². The van der Waals surface area contributed by atoms with Crippen molar-refractivity contribution in [2.45, 2.75) is 32.9 Å². The van der Waals surface area contributed by atoms with E-state index in [0.717, 1.165) is 17.8 Å². The maximum atomic E-state index is 10.3. The number of nitrogens with zero attached hydrogens (tertiary/aromatic N) is 2. The number of aliphatic hydroxyl groups excluding tert-OH is 1. The fourth-order valence-corrected chi connectivity index (χ4v) is 2.88. The van der Waals surface area contributed by atoms with Crippen LogP contribution in [0.3, 0.4) is 0 Å². The van der Waals surface area contributed by atoms with Crippen LogP contribution >= 0.6 is 22.9 Å². The summed E-state index contributed by atoms with van der Waals surface area (Å²) in [4.78, 5) is 2.08. The van der Waals surface area contributed by atoms with Gasteiger partial charge in [0.05, 0.1) is 16.9 Å². The zero-order valence-corrected chi connectivity index (χ0v) is 11.4. The molecule has 0 aliphatic heterocycles. The minimum atomic E-state index is -0.685. The first-order chi connectivity index (χ1) is 8.13. The quantitative estimate of drug-likeness (QED) is 0.925. The van der Waals surface area contributed by atoms with Crippen LogP contribution in [-0.4, -0.2) is 14.9 Å². The summed E-state index contributed by atoms with van der Waals surface area (Å²) in [5.74, 6) is 0. The van der Waals surface area contributed by atoms with Crippen LogP contribution in [0.2, 0.25) is 5.02 Å². The predicted octanol–water partition coefficient (Wildman–Crippen LogP) is 3.40. The smallest absolute Gasteiger partial charge is 0.131 e. The fourth-order valence-electron chi connectivity index (χ4n) is 1.77. The summed E-state index contributed by atoms with van der Waals surface area (Å²) in [5.41, 5.74) is 0.690. The Morgan fingerprint density at radius 3 is 2.88 bits per heavy atom. The molecule has 0 radical (unpaired) electrons. The lowest BCUT2D eigenvalue weighted by Gasteiger charge is -2.12. The first-order valence-corrected chi connectivity index (χ1v) is 6.78. The average molecular weight is 271 g/mol. The second-order valence-electron chi connectivity index (χ2n) is 3.95. The molecule has 0 aliphatic carbocycles. The standard InChI is InChI=1S/C12H15ClN2OS/c1-3-6-15-11(9(13)7-14-15)12(16)10-5-4-8(2)17-10/h4-5,7,12,16H,3,6H2,1-2H3. The van der Waals surface area contributed by atoms with Crippen molar-refractivity contribution in [2.75, 3.05) is 0 Å². The minimum Gasteiger partial charge on any atom is -0.381 e. The van der Waals surface area contributed by atoms with Gasteiger partial charge in [0, 0.05) is 16.3 Å². The van der Waals surface area contributed by atoms with Crippen LogP contribution in [0, 0.1) is 6.92 Å². The normalized spacial score (nSPS) is 12.9. The monoisotopic (exact) mass is 270 g/mol. The Bertz CT molecular complexity index is 506. The summed E-state index contributed by atoms with van der Waals surface area (Å²) in [6.07, 6.45) is 1.87. The van der Waals surface area contributed by atoms with Gasteiger partial charge in [-0.05, 0) is 25.5 Å². The van der Waals surface area contributed by atoms with Gasteiger partial charge in [0.2, 0.25) is 0 Å². The summed E-state index contributed by atoms with van der Waals surface area (Å²) < 4.78 is 1.78. The molecule has 2 aromatic heterocycles. The third-order valence-electron chi connectivity index (χ3n) is 2.56. The van der Waals surface area contributed by atoms with Gasteiger partial charge in [-0.2, -0.15) is 5.10 Å². The number of aromatic nitrogens is 2. The van der Waals surface area contributed by atoms with Gasteiger partial charge < -0.3 is 5.11 Å². The van der Waals surface area contributed by atoms with E-state index in [1.165, 1.54) is 4.88 Å².